The third-order valence-corrected chi connectivity index (χ3v) is 2.69. The highest BCUT2D eigenvalue weighted by atomic mass is 16.5. The van der Waals surface area contributed by atoms with Crippen molar-refractivity contribution in [2.45, 2.75) is 26.4 Å². The Balaban J connectivity index is 3.56. The van der Waals surface area contributed by atoms with Crippen LogP contribution >= 0.6 is 0 Å². The zero-order valence-corrected chi connectivity index (χ0v) is 11.0. The molecule has 17 heavy (non-hydrogen) atoms. The molecule has 4 heteroatoms. The standard InChI is InChI=1S/C13H20O4/c1-8(2)11-10(15-3)6-9(7-14)12(16-4)13(11)17-5/h6,8,14H,7H2,1-5H3. The second kappa shape index (κ2) is 5.77. The Labute approximate surface area is 102 Å². The predicted molar refractivity (Wildman–Crippen MR) is 66.1 cm³/mol. The first-order valence-electron chi connectivity index (χ1n) is 5.53. The number of hydrogen-bond donors (Lipinski definition) is 1. The van der Waals surface area contributed by atoms with E-state index >= 15 is 0 Å². The van der Waals surface area contributed by atoms with Gasteiger partial charge in [-0.15, -0.1) is 0 Å². The van der Waals surface area contributed by atoms with Gasteiger partial charge in [0.15, 0.2) is 11.5 Å². The number of benzene rings is 1. The van der Waals surface area contributed by atoms with Crippen LogP contribution in [0.25, 0.3) is 0 Å². The lowest BCUT2D eigenvalue weighted by Gasteiger charge is -2.20. The van der Waals surface area contributed by atoms with Gasteiger partial charge in [-0.3, -0.25) is 0 Å². The summed E-state index contributed by atoms with van der Waals surface area (Å²) < 4.78 is 16.1. The number of rotatable bonds is 5. The van der Waals surface area contributed by atoms with Crippen molar-refractivity contribution < 1.29 is 19.3 Å². The van der Waals surface area contributed by atoms with E-state index in [9.17, 15) is 5.11 Å². The summed E-state index contributed by atoms with van der Waals surface area (Å²) in [5.41, 5.74) is 1.61. The van der Waals surface area contributed by atoms with E-state index in [2.05, 4.69) is 13.8 Å². The summed E-state index contributed by atoms with van der Waals surface area (Å²) in [4.78, 5) is 0. The van der Waals surface area contributed by atoms with E-state index in [4.69, 9.17) is 14.2 Å². The molecule has 1 aromatic carbocycles. The van der Waals surface area contributed by atoms with Crippen LogP contribution in [0, 0.1) is 0 Å². The molecule has 1 N–H and O–H groups in total. The molecule has 0 unspecified atom stereocenters. The molecule has 0 aliphatic carbocycles. The van der Waals surface area contributed by atoms with Crippen LogP contribution in [0.15, 0.2) is 6.07 Å². The molecule has 0 bridgehead atoms. The summed E-state index contributed by atoms with van der Waals surface area (Å²) in [6.45, 7) is 3.99. The molecule has 0 heterocycles. The Hall–Kier alpha value is -1.42. The van der Waals surface area contributed by atoms with Gasteiger partial charge in [0.25, 0.3) is 0 Å². The van der Waals surface area contributed by atoms with E-state index in [1.807, 2.05) is 0 Å². The molecule has 0 amide bonds. The van der Waals surface area contributed by atoms with E-state index in [1.54, 1.807) is 27.4 Å². The number of aliphatic hydroxyl groups excluding tert-OH is 1. The minimum absolute atomic E-state index is 0.117. The zero-order valence-electron chi connectivity index (χ0n) is 11.0. The van der Waals surface area contributed by atoms with Crippen LogP contribution in [-0.4, -0.2) is 26.4 Å². The summed E-state index contributed by atoms with van der Waals surface area (Å²) in [5.74, 6) is 2.15. The van der Waals surface area contributed by atoms with Crippen LogP contribution in [0.3, 0.4) is 0 Å². The monoisotopic (exact) mass is 240 g/mol. The van der Waals surface area contributed by atoms with Gasteiger partial charge in [0.05, 0.1) is 27.9 Å². The molecule has 0 aliphatic heterocycles. The summed E-state index contributed by atoms with van der Waals surface area (Å²) in [6.07, 6.45) is 0. The Bertz CT molecular complexity index is 385. The molecular weight excluding hydrogens is 220 g/mol. The molecule has 1 aromatic rings. The predicted octanol–water partition coefficient (Wildman–Crippen LogP) is 2.33. The van der Waals surface area contributed by atoms with Gasteiger partial charge in [0.2, 0.25) is 0 Å². The van der Waals surface area contributed by atoms with Crippen molar-refractivity contribution in [1.82, 2.24) is 0 Å². The van der Waals surface area contributed by atoms with Gasteiger partial charge in [-0.2, -0.15) is 0 Å². The Kier molecular flexibility index (Phi) is 4.63. The Morgan fingerprint density at radius 2 is 1.65 bits per heavy atom. The summed E-state index contributed by atoms with van der Waals surface area (Å²) in [7, 11) is 4.76. The fraction of sp³-hybridized carbons (Fsp3) is 0.538. The van der Waals surface area contributed by atoms with Crippen LogP contribution in [-0.2, 0) is 6.61 Å². The van der Waals surface area contributed by atoms with E-state index in [0.29, 0.717) is 22.8 Å². The molecular formula is C13H20O4. The average Bonchev–Trinajstić information content (AvgIpc) is 2.35. The lowest BCUT2D eigenvalue weighted by Crippen LogP contribution is -2.04. The summed E-state index contributed by atoms with van der Waals surface area (Å²) in [6, 6.07) is 1.79. The lowest BCUT2D eigenvalue weighted by molar-refractivity contribution is 0.267. The highest BCUT2D eigenvalue weighted by Gasteiger charge is 2.21. The molecule has 0 radical (unpaired) electrons. The minimum Gasteiger partial charge on any atom is -0.496 e. The van der Waals surface area contributed by atoms with Crippen molar-refractivity contribution in [1.29, 1.82) is 0 Å². The normalized spacial score (nSPS) is 10.5. The van der Waals surface area contributed by atoms with Gasteiger partial charge in [0.1, 0.15) is 5.75 Å². The Morgan fingerprint density at radius 1 is 1.06 bits per heavy atom. The molecule has 0 aliphatic rings. The van der Waals surface area contributed by atoms with Gasteiger partial charge in [-0.25, -0.2) is 0 Å². The minimum atomic E-state index is -0.117. The first-order valence-corrected chi connectivity index (χ1v) is 5.53. The van der Waals surface area contributed by atoms with Gasteiger partial charge in [-0.1, -0.05) is 13.8 Å². The van der Waals surface area contributed by atoms with Crippen molar-refractivity contribution in [3.63, 3.8) is 0 Å². The number of methoxy groups -OCH3 is 3. The van der Waals surface area contributed by atoms with Crippen molar-refractivity contribution in [2.24, 2.45) is 0 Å². The van der Waals surface area contributed by atoms with Gasteiger partial charge in [-0.05, 0) is 12.0 Å². The van der Waals surface area contributed by atoms with Crippen molar-refractivity contribution in [3.05, 3.63) is 17.2 Å². The number of aliphatic hydroxyl groups is 1. The Morgan fingerprint density at radius 3 is 2.00 bits per heavy atom. The van der Waals surface area contributed by atoms with Crippen LogP contribution in [0.5, 0.6) is 17.2 Å². The third-order valence-electron chi connectivity index (χ3n) is 2.69. The molecule has 0 spiro atoms. The van der Waals surface area contributed by atoms with Crippen molar-refractivity contribution >= 4 is 0 Å². The maximum Gasteiger partial charge on any atom is 0.168 e. The van der Waals surface area contributed by atoms with E-state index in [1.165, 1.54) is 0 Å². The first-order chi connectivity index (χ1) is 8.10. The van der Waals surface area contributed by atoms with E-state index < -0.39 is 0 Å². The van der Waals surface area contributed by atoms with E-state index in [0.717, 1.165) is 5.56 Å². The highest BCUT2D eigenvalue weighted by Crippen LogP contribution is 2.44. The average molecular weight is 240 g/mol. The molecule has 0 saturated heterocycles. The quantitative estimate of drug-likeness (QED) is 0.858. The maximum atomic E-state index is 9.33. The van der Waals surface area contributed by atoms with Crippen molar-refractivity contribution in [3.8, 4) is 17.2 Å². The fourth-order valence-corrected chi connectivity index (χ4v) is 1.94. The highest BCUT2D eigenvalue weighted by molar-refractivity contribution is 5.59. The first kappa shape index (κ1) is 13.6. The largest absolute Gasteiger partial charge is 0.496 e. The topological polar surface area (TPSA) is 47.9 Å². The summed E-state index contributed by atoms with van der Waals surface area (Å²) >= 11 is 0. The van der Waals surface area contributed by atoms with Crippen LogP contribution < -0.4 is 14.2 Å². The molecule has 0 fully saturated rings. The van der Waals surface area contributed by atoms with Crippen LogP contribution in [0.4, 0.5) is 0 Å². The van der Waals surface area contributed by atoms with Gasteiger partial charge >= 0.3 is 0 Å². The molecule has 0 saturated carbocycles. The number of ether oxygens (including phenoxy) is 3. The summed E-state index contributed by atoms with van der Waals surface area (Å²) in [5, 5.41) is 9.33. The van der Waals surface area contributed by atoms with Gasteiger partial charge in [0, 0.05) is 11.1 Å². The SMILES string of the molecule is COc1cc(CO)c(OC)c(OC)c1C(C)C. The fourth-order valence-electron chi connectivity index (χ4n) is 1.94. The van der Waals surface area contributed by atoms with E-state index in [-0.39, 0.29) is 12.5 Å². The van der Waals surface area contributed by atoms with Gasteiger partial charge < -0.3 is 19.3 Å². The molecule has 0 aromatic heterocycles. The zero-order chi connectivity index (χ0) is 13.0. The molecule has 1 rings (SSSR count). The maximum absolute atomic E-state index is 9.33. The number of hydrogen-bond acceptors (Lipinski definition) is 4. The van der Waals surface area contributed by atoms with Crippen LogP contribution in [0.1, 0.15) is 30.9 Å². The van der Waals surface area contributed by atoms with Crippen LogP contribution in [0.2, 0.25) is 0 Å². The third kappa shape index (κ3) is 2.47. The second-order valence-corrected chi connectivity index (χ2v) is 4.03. The molecule has 4 nitrogen and oxygen atoms in total. The smallest absolute Gasteiger partial charge is 0.168 e. The molecule has 96 valence electrons. The lowest BCUT2D eigenvalue weighted by atomic mass is 9.98. The molecule has 0 atom stereocenters. The second-order valence-electron chi connectivity index (χ2n) is 4.03. The van der Waals surface area contributed by atoms with Crippen molar-refractivity contribution in [2.75, 3.05) is 21.3 Å².